The monoisotopic (exact) mass is 215 g/mol. The smallest absolute Gasteiger partial charge is 0.363 e. The van der Waals surface area contributed by atoms with Crippen LogP contribution >= 0.6 is 0 Å². The first-order chi connectivity index (χ1) is 7.83. The topological polar surface area (TPSA) is 18.5 Å². The van der Waals surface area contributed by atoms with Crippen molar-refractivity contribution in [2.45, 2.75) is 0 Å². The van der Waals surface area contributed by atoms with Gasteiger partial charge in [0.05, 0.1) is 0 Å². The van der Waals surface area contributed by atoms with E-state index in [4.69, 9.17) is 9.47 Å². The van der Waals surface area contributed by atoms with Crippen molar-refractivity contribution in [1.29, 1.82) is 0 Å². The quantitative estimate of drug-likeness (QED) is 0.727. The summed E-state index contributed by atoms with van der Waals surface area (Å²) in [5, 5.41) is 0. The molecule has 0 aromatic heterocycles. The van der Waals surface area contributed by atoms with E-state index in [1.54, 1.807) is 12.1 Å². The van der Waals surface area contributed by atoms with Crippen LogP contribution in [0.2, 0.25) is 0 Å². The largest absolute Gasteiger partial charge is 0.438 e. The third-order valence-electron chi connectivity index (χ3n) is 2.31. The number of para-hydroxylation sites is 2. The van der Waals surface area contributed by atoms with Gasteiger partial charge in [0.15, 0.2) is 11.5 Å². The lowest BCUT2D eigenvalue weighted by Gasteiger charge is -2.06. The Bertz CT molecular complexity index is 500. The standard InChI is InChI=1S/C13H8FO2/c14-10-5-3-4-9(8-10)13-15-11-6-1-2-7-12(11)16-13/h1-8H. The third-order valence-corrected chi connectivity index (χ3v) is 2.31. The molecule has 3 rings (SSSR count). The lowest BCUT2D eigenvalue weighted by molar-refractivity contribution is 0.203. The average molecular weight is 215 g/mol. The van der Waals surface area contributed by atoms with E-state index in [0.29, 0.717) is 23.4 Å². The highest BCUT2D eigenvalue weighted by atomic mass is 19.1. The van der Waals surface area contributed by atoms with Gasteiger partial charge in [-0.3, -0.25) is 0 Å². The normalized spacial score (nSPS) is 14.1. The molecule has 0 atom stereocenters. The first-order valence-electron chi connectivity index (χ1n) is 4.90. The van der Waals surface area contributed by atoms with Gasteiger partial charge in [-0.2, -0.15) is 0 Å². The van der Waals surface area contributed by atoms with Gasteiger partial charge in [0.1, 0.15) is 5.82 Å². The summed E-state index contributed by atoms with van der Waals surface area (Å²) < 4.78 is 24.0. The van der Waals surface area contributed by atoms with Gasteiger partial charge in [-0.15, -0.1) is 0 Å². The lowest BCUT2D eigenvalue weighted by Crippen LogP contribution is -2.09. The van der Waals surface area contributed by atoms with Crippen molar-refractivity contribution in [3.05, 3.63) is 66.2 Å². The molecule has 2 nitrogen and oxygen atoms in total. The van der Waals surface area contributed by atoms with Crippen LogP contribution < -0.4 is 9.47 Å². The number of halogens is 1. The number of rotatable bonds is 1. The summed E-state index contributed by atoms with van der Waals surface area (Å²) in [5.41, 5.74) is 0.594. The molecule has 0 bridgehead atoms. The molecule has 2 aromatic rings. The van der Waals surface area contributed by atoms with Crippen molar-refractivity contribution in [2.75, 3.05) is 0 Å². The Morgan fingerprint density at radius 1 is 0.812 bits per heavy atom. The summed E-state index contributed by atoms with van der Waals surface area (Å²) in [6.07, 6.45) is 0.320. The Balaban J connectivity index is 1.91. The van der Waals surface area contributed by atoms with Crippen LogP contribution in [0.25, 0.3) is 0 Å². The molecule has 0 saturated heterocycles. The van der Waals surface area contributed by atoms with Crippen LogP contribution in [-0.4, -0.2) is 0 Å². The molecule has 0 aliphatic carbocycles. The van der Waals surface area contributed by atoms with E-state index < -0.39 is 0 Å². The molecule has 79 valence electrons. The fourth-order valence-electron chi connectivity index (χ4n) is 1.57. The van der Waals surface area contributed by atoms with Crippen LogP contribution in [0.3, 0.4) is 0 Å². The van der Waals surface area contributed by atoms with Crippen molar-refractivity contribution < 1.29 is 13.9 Å². The molecule has 3 heteroatoms. The molecule has 0 amide bonds. The van der Waals surface area contributed by atoms with Gasteiger partial charge in [-0.1, -0.05) is 24.3 Å². The minimum atomic E-state index is -0.312. The van der Waals surface area contributed by atoms with Gasteiger partial charge < -0.3 is 9.47 Å². The van der Waals surface area contributed by atoms with Crippen LogP contribution in [0.1, 0.15) is 5.56 Å². The first kappa shape index (κ1) is 9.21. The van der Waals surface area contributed by atoms with Crippen LogP contribution in [0.4, 0.5) is 4.39 Å². The fourth-order valence-corrected chi connectivity index (χ4v) is 1.57. The van der Waals surface area contributed by atoms with Crippen molar-refractivity contribution in [3.8, 4) is 11.5 Å². The molecular weight excluding hydrogens is 207 g/mol. The second kappa shape index (κ2) is 3.52. The third kappa shape index (κ3) is 1.50. The van der Waals surface area contributed by atoms with Gasteiger partial charge in [-0.05, 0) is 24.3 Å². The van der Waals surface area contributed by atoms with Gasteiger partial charge in [0, 0.05) is 5.56 Å². The Morgan fingerprint density at radius 3 is 2.12 bits per heavy atom. The molecule has 1 heterocycles. The highest BCUT2D eigenvalue weighted by Gasteiger charge is 2.28. The minimum Gasteiger partial charge on any atom is -0.438 e. The highest BCUT2D eigenvalue weighted by Crippen LogP contribution is 2.39. The summed E-state index contributed by atoms with van der Waals surface area (Å²) in [6, 6.07) is 13.4. The number of hydrogen-bond donors (Lipinski definition) is 0. The van der Waals surface area contributed by atoms with Gasteiger partial charge >= 0.3 is 6.29 Å². The summed E-state index contributed by atoms with van der Waals surface area (Å²) in [6.45, 7) is 0. The van der Waals surface area contributed by atoms with Gasteiger partial charge in [0.2, 0.25) is 0 Å². The second-order valence-corrected chi connectivity index (χ2v) is 3.45. The van der Waals surface area contributed by atoms with Gasteiger partial charge in [0.25, 0.3) is 0 Å². The average Bonchev–Trinajstić information content (AvgIpc) is 2.72. The number of benzene rings is 2. The Kier molecular flexibility index (Phi) is 2.03. The predicted molar refractivity (Wildman–Crippen MR) is 56.4 cm³/mol. The molecule has 0 N–H and O–H groups in total. The molecule has 2 aromatic carbocycles. The number of ether oxygens (including phenoxy) is 2. The second-order valence-electron chi connectivity index (χ2n) is 3.45. The van der Waals surface area contributed by atoms with E-state index >= 15 is 0 Å². The summed E-state index contributed by atoms with van der Waals surface area (Å²) in [4.78, 5) is 0. The SMILES string of the molecule is Fc1cccc([C]2Oc3ccccc3O2)c1. The molecular formula is C13H8FO2. The zero-order chi connectivity index (χ0) is 11.0. The van der Waals surface area contributed by atoms with Crippen molar-refractivity contribution in [3.63, 3.8) is 0 Å². The predicted octanol–water partition coefficient (Wildman–Crippen LogP) is 3.13. The molecule has 16 heavy (non-hydrogen) atoms. The first-order valence-corrected chi connectivity index (χ1v) is 4.90. The van der Waals surface area contributed by atoms with E-state index in [9.17, 15) is 4.39 Å². The van der Waals surface area contributed by atoms with Crippen LogP contribution in [-0.2, 0) is 0 Å². The molecule has 0 unspecified atom stereocenters. The summed E-state index contributed by atoms with van der Waals surface area (Å²) >= 11 is 0. The number of hydrogen-bond acceptors (Lipinski definition) is 2. The van der Waals surface area contributed by atoms with Crippen LogP contribution in [0.5, 0.6) is 11.5 Å². The minimum absolute atomic E-state index is 0.312. The number of fused-ring (bicyclic) bond motifs is 1. The van der Waals surface area contributed by atoms with Crippen molar-refractivity contribution in [2.24, 2.45) is 0 Å². The molecule has 1 aliphatic rings. The highest BCUT2D eigenvalue weighted by molar-refractivity contribution is 5.46. The fraction of sp³-hybridized carbons (Fsp3) is 0. The van der Waals surface area contributed by atoms with E-state index in [1.165, 1.54) is 12.1 Å². The Morgan fingerprint density at radius 2 is 1.50 bits per heavy atom. The van der Waals surface area contributed by atoms with Crippen LogP contribution in [0.15, 0.2) is 48.5 Å². The maximum Gasteiger partial charge on any atom is 0.363 e. The Hall–Kier alpha value is -2.03. The van der Waals surface area contributed by atoms with Crippen molar-refractivity contribution in [1.82, 2.24) is 0 Å². The van der Waals surface area contributed by atoms with E-state index in [0.717, 1.165) is 0 Å². The van der Waals surface area contributed by atoms with E-state index in [-0.39, 0.29) is 5.82 Å². The van der Waals surface area contributed by atoms with Gasteiger partial charge in [-0.25, -0.2) is 4.39 Å². The van der Waals surface area contributed by atoms with Crippen molar-refractivity contribution >= 4 is 0 Å². The molecule has 1 radical (unpaired) electrons. The summed E-state index contributed by atoms with van der Waals surface area (Å²) in [5.74, 6) is 0.997. The van der Waals surface area contributed by atoms with Crippen LogP contribution in [0, 0.1) is 12.1 Å². The molecule has 0 saturated carbocycles. The molecule has 1 aliphatic heterocycles. The summed E-state index contributed by atoms with van der Waals surface area (Å²) in [7, 11) is 0. The maximum atomic E-state index is 13.0. The maximum absolute atomic E-state index is 13.0. The van der Waals surface area contributed by atoms with E-state index in [1.807, 2.05) is 24.3 Å². The Labute approximate surface area is 92.2 Å². The zero-order valence-electron chi connectivity index (χ0n) is 8.31. The zero-order valence-corrected chi connectivity index (χ0v) is 8.31. The van der Waals surface area contributed by atoms with E-state index in [2.05, 4.69) is 0 Å². The molecule has 0 spiro atoms. The molecule has 0 fully saturated rings. The lowest BCUT2D eigenvalue weighted by atomic mass is 10.2.